The van der Waals surface area contributed by atoms with E-state index in [1.54, 1.807) is 11.3 Å². The van der Waals surface area contributed by atoms with Crippen molar-refractivity contribution in [1.29, 1.82) is 0 Å². The summed E-state index contributed by atoms with van der Waals surface area (Å²) in [7, 11) is 0. The summed E-state index contributed by atoms with van der Waals surface area (Å²) in [6.07, 6.45) is 4.81. The van der Waals surface area contributed by atoms with Gasteiger partial charge in [-0.15, -0.1) is 11.3 Å². The third kappa shape index (κ3) is 4.60. The summed E-state index contributed by atoms with van der Waals surface area (Å²) in [5.41, 5.74) is 2.27. The maximum atomic E-state index is 12.6. The number of amides is 2. The van der Waals surface area contributed by atoms with Crippen molar-refractivity contribution in [3.63, 3.8) is 0 Å². The number of H-pyrrole nitrogens is 1. The molecule has 3 heterocycles. The number of benzene rings is 1. The van der Waals surface area contributed by atoms with Gasteiger partial charge in [0.05, 0.1) is 4.91 Å². The van der Waals surface area contributed by atoms with Gasteiger partial charge in [-0.2, -0.15) is 0 Å². The van der Waals surface area contributed by atoms with Crippen molar-refractivity contribution in [2.75, 3.05) is 13.1 Å². The standard InChI is InChI=1S/C21H19N3O2S3/c25-19(22-9-7-14-13-23-17-6-2-1-5-16(14)17)8-10-24-20(26)18(29-21(24)27)12-15-4-3-11-28-15/h1-6,11-13,23H,7-10H2,(H,22,25)/b18-12+. The Labute approximate surface area is 182 Å². The first kappa shape index (κ1) is 19.9. The number of thioether (sulfide) groups is 1. The molecule has 4 rings (SSSR count). The van der Waals surface area contributed by atoms with Gasteiger partial charge in [0, 0.05) is 41.5 Å². The molecule has 1 saturated heterocycles. The molecule has 2 aromatic heterocycles. The molecule has 8 heteroatoms. The van der Waals surface area contributed by atoms with Crippen LogP contribution in [0.4, 0.5) is 0 Å². The fraction of sp³-hybridized carbons (Fsp3) is 0.190. The van der Waals surface area contributed by atoms with Crippen LogP contribution in [0.25, 0.3) is 17.0 Å². The predicted molar refractivity (Wildman–Crippen MR) is 124 cm³/mol. The second-order valence-electron chi connectivity index (χ2n) is 6.56. The van der Waals surface area contributed by atoms with Crippen LogP contribution in [-0.4, -0.2) is 39.1 Å². The number of thiophene rings is 1. The molecule has 2 N–H and O–H groups in total. The summed E-state index contributed by atoms with van der Waals surface area (Å²) >= 11 is 8.18. The Kier molecular flexibility index (Phi) is 6.13. The molecular formula is C21H19N3O2S3. The van der Waals surface area contributed by atoms with Gasteiger partial charge in [-0.1, -0.05) is 48.2 Å². The van der Waals surface area contributed by atoms with Crippen molar-refractivity contribution in [1.82, 2.24) is 15.2 Å². The Morgan fingerprint density at radius 1 is 1.24 bits per heavy atom. The molecule has 148 valence electrons. The third-order valence-corrected chi connectivity index (χ3v) is 6.84. The summed E-state index contributed by atoms with van der Waals surface area (Å²) in [4.78, 5) is 31.2. The van der Waals surface area contributed by atoms with Gasteiger partial charge in [0.15, 0.2) is 0 Å². The van der Waals surface area contributed by atoms with Crippen molar-refractivity contribution < 1.29 is 9.59 Å². The quantitative estimate of drug-likeness (QED) is 0.426. The van der Waals surface area contributed by atoms with Gasteiger partial charge in [0.2, 0.25) is 5.91 Å². The minimum atomic E-state index is -0.125. The number of rotatable bonds is 7. The molecule has 0 radical (unpaired) electrons. The van der Waals surface area contributed by atoms with Crippen molar-refractivity contribution in [3.05, 3.63) is 63.3 Å². The first-order chi connectivity index (χ1) is 14.1. The molecule has 0 aliphatic carbocycles. The van der Waals surface area contributed by atoms with E-state index in [0.717, 1.165) is 16.8 Å². The lowest BCUT2D eigenvalue weighted by Crippen LogP contribution is -2.34. The number of carbonyl (C=O) groups excluding carboxylic acids is 2. The number of hydrogen-bond acceptors (Lipinski definition) is 5. The van der Waals surface area contributed by atoms with E-state index in [-0.39, 0.29) is 18.2 Å². The second kappa shape index (κ2) is 8.94. The van der Waals surface area contributed by atoms with E-state index in [2.05, 4.69) is 16.4 Å². The largest absolute Gasteiger partial charge is 0.361 e. The van der Waals surface area contributed by atoms with Crippen molar-refractivity contribution in [3.8, 4) is 0 Å². The minimum Gasteiger partial charge on any atom is -0.361 e. The number of nitrogens with zero attached hydrogens (tertiary/aromatic N) is 1. The molecule has 1 aliphatic heterocycles. The van der Waals surface area contributed by atoms with E-state index in [9.17, 15) is 9.59 Å². The average molecular weight is 442 g/mol. The number of thiocarbonyl (C=S) groups is 1. The molecule has 1 fully saturated rings. The van der Waals surface area contributed by atoms with Crippen LogP contribution in [0, 0.1) is 0 Å². The maximum absolute atomic E-state index is 12.6. The van der Waals surface area contributed by atoms with E-state index in [1.807, 2.05) is 48.0 Å². The van der Waals surface area contributed by atoms with Crippen LogP contribution in [0.3, 0.4) is 0 Å². The summed E-state index contributed by atoms with van der Waals surface area (Å²) in [5, 5.41) is 6.08. The lowest BCUT2D eigenvalue weighted by molar-refractivity contribution is -0.123. The van der Waals surface area contributed by atoms with Crippen molar-refractivity contribution >= 4 is 68.4 Å². The lowest BCUT2D eigenvalue weighted by atomic mass is 10.1. The van der Waals surface area contributed by atoms with Crippen LogP contribution < -0.4 is 5.32 Å². The number of para-hydroxylation sites is 1. The molecule has 0 bridgehead atoms. The molecule has 29 heavy (non-hydrogen) atoms. The highest BCUT2D eigenvalue weighted by Crippen LogP contribution is 2.33. The Balaban J connectivity index is 1.26. The second-order valence-corrected chi connectivity index (χ2v) is 9.21. The molecule has 0 unspecified atom stereocenters. The monoisotopic (exact) mass is 441 g/mol. The molecule has 0 atom stereocenters. The fourth-order valence-electron chi connectivity index (χ4n) is 3.17. The van der Waals surface area contributed by atoms with Crippen LogP contribution in [0.15, 0.2) is 52.9 Å². The zero-order chi connectivity index (χ0) is 20.2. The third-order valence-electron chi connectivity index (χ3n) is 4.64. The van der Waals surface area contributed by atoms with E-state index in [1.165, 1.54) is 27.6 Å². The van der Waals surface area contributed by atoms with Gasteiger partial charge in [0.1, 0.15) is 4.32 Å². The molecule has 0 spiro atoms. The number of fused-ring (bicyclic) bond motifs is 1. The van der Waals surface area contributed by atoms with Gasteiger partial charge in [-0.25, -0.2) is 0 Å². The number of aromatic amines is 1. The lowest BCUT2D eigenvalue weighted by Gasteiger charge is -2.14. The Bertz CT molecular complexity index is 1090. The molecule has 3 aromatic rings. The summed E-state index contributed by atoms with van der Waals surface area (Å²) in [6.45, 7) is 0.850. The molecular weight excluding hydrogens is 422 g/mol. The molecule has 1 aliphatic rings. The van der Waals surface area contributed by atoms with Crippen LogP contribution in [0.5, 0.6) is 0 Å². The molecule has 2 amide bonds. The van der Waals surface area contributed by atoms with Gasteiger partial charge < -0.3 is 10.3 Å². The highest BCUT2D eigenvalue weighted by Gasteiger charge is 2.32. The van der Waals surface area contributed by atoms with Crippen LogP contribution in [0.1, 0.15) is 16.9 Å². The topological polar surface area (TPSA) is 65.2 Å². The van der Waals surface area contributed by atoms with Crippen molar-refractivity contribution in [2.24, 2.45) is 0 Å². The van der Waals surface area contributed by atoms with Gasteiger partial charge >= 0.3 is 0 Å². The number of nitrogens with one attached hydrogen (secondary N) is 2. The van der Waals surface area contributed by atoms with Gasteiger partial charge in [-0.05, 0) is 35.6 Å². The van der Waals surface area contributed by atoms with E-state index in [0.29, 0.717) is 22.3 Å². The highest BCUT2D eigenvalue weighted by atomic mass is 32.2. The zero-order valence-corrected chi connectivity index (χ0v) is 18.0. The number of aromatic nitrogens is 1. The van der Waals surface area contributed by atoms with E-state index in [4.69, 9.17) is 12.2 Å². The summed E-state index contributed by atoms with van der Waals surface area (Å²) in [6, 6.07) is 12.0. The first-order valence-electron chi connectivity index (χ1n) is 9.22. The minimum absolute atomic E-state index is 0.0823. The zero-order valence-electron chi connectivity index (χ0n) is 15.5. The van der Waals surface area contributed by atoms with E-state index < -0.39 is 0 Å². The van der Waals surface area contributed by atoms with Crippen LogP contribution in [-0.2, 0) is 16.0 Å². The Morgan fingerprint density at radius 2 is 2.10 bits per heavy atom. The van der Waals surface area contributed by atoms with Gasteiger partial charge in [-0.3, -0.25) is 14.5 Å². The van der Waals surface area contributed by atoms with Crippen LogP contribution >= 0.6 is 35.3 Å². The predicted octanol–water partition coefficient (Wildman–Crippen LogP) is 4.18. The Morgan fingerprint density at radius 3 is 2.93 bits per heavy atom. The van der Waals surface area contributed by atoms with Crippen molar-refractivity contribution in [2.45, 2.75) is 12.8 Å². The normalized spacial score (nSPS) is 15.6. The van der Waals surface area contributed by atoms with Gasteiger partial charge in [0.25, 0.3) is 5.91 Å². The molecule has 1 aromatic carbocycles. The molecule has 0 saturated carbocycles. The summed E-state index contributed by atoms with van der Waals surface area (Å²) in [5.74, 6) is -0.207. The summed E-state index contributed by atoms with van der Waals surface area (Å²) < 4.78 is 0.504. The number of carbonyl (C=O) groups is 2. The smallest absolute Gasteiger partial charge is 0.266 e. The average Bonchev–Trinajstić information content (AvgIpc) is 3.43. The first-order valence-corrected chi connectivity index (χ1v) is 11.3. The molecule has 5 nitrogen and oxygen atoms in total. The van der Waals surface area contributed by atoms with Crippen LogP contribution in [0.2, 0.25) is 0 Å². The Hall–Kier alpha value is -2.42. The fourth-order valence-corrected chi connectivity index (χ4v) is 5.20. The SMILES string of the molecule is O=C(CCN1C(=O)/C(=C\c2cccs2)SC1=S)NCCc1c[nH]c2ccccc12. The highest BCUT2D eigenvalue weighted by molar-refractivity contribution is 8.26. The maximum Gasteiger partial charge on any atom is 0.266 e. The van der Waals surface area contributed by atoms with E-state index >= 15 is 0 Å². The number of hydrogen-bond donors (Lipinski definition) is 2.